The Balaban J connectivity index is 1.32. The second-order valence-corrected chi connectivity index (χ2v) is 8.46. The van der Waals surface area contributed by atoms with Crippen LogP contribution in [-0.4, -0.2) is 52.6 Å². The van der Waals surface area contributed by atoms with Gasteiger partial charge >= 0.3 is 0 Å². The van der Waals surface area contributed by atoms with Crippen molar-refractivity contribution in [2.75, 3.05) is 19.7 Å². The molecule has 7 heteroatoms. The Hall–Kier alpha value is -3.61. The Labute approximate surface area is 194 Å². The minimum absolute atomic E-state index is 0.0589. The summed E-state index contributed by atoms with van der Waals surface area (Å²) in [4.78, 5) is 27.4. The van der Waals surface area contributed by atoms with Crippen LogP contribution < -0.4 is 10.1 Å². The molecular formula is C26H30N4O3. The molecule has 1 saturated heterocycles. The van der Waals surface area contributed by atoms with Gasteiger partial charge in [0.2, 0.25) is 0 Å². The first-order valence-electron chi connectivity index (χ1n) is 11.4. The van der Waals surface area contributed by atoms with E-state index in [0.717, 1.165) is 35.4 Å². The number of piperidine rings is 1. The van der Waals surface area contributed by atoms with Gasteiger partial charge in [0.15, 0.2) is 0 Å². The molecule has 3 aromatic rings. The van der Waals surface area contributed by atoms with E-state index < -0.39 is 0 Å². The predicted molar refractivity (Wildman–Crippen MR) is 128 cm³/mol. The lowest BCUT2D eigenvalue weighted by molar-refractivity contribution is 0.0692. The molecule has 0 spiro atoms. The summed E-state index contributed by atoms with van der Waals surface area (Å²) >= 11 is 0. The van der Waals surface area contributed by atoms with E-state index in [0.29, 0.717) is 31.0 Å². The smallest absolute Gasteiger partial charge is 0.271 e. The van der Waals surface area contributed by atoms with Gasteiger partial charge in [-0.2, -0.15) is 5.10 Å². The van der Waals surface area contributed by atoms with E-state index in [1.54, 1.807) is 6.07 Å². The van der Waals surface area contributed by atoms with Gasteiger partial charge in [0, 0.05) is 30.3 Å². The van der Waals surface area contributed by atoms with Gasteiger partial charge in [-0.25, -0.2) is 0 Å². The fourth-order valence-electron chi connectivity index (χ4n) is 4.02. The number of likely N-dealkylation sites (tertiary alicyclic amines) is 1. The molecule has 4 rings (SSSR count). The lowest BCUT2D eigenvalue weighted by atomic mass is 10.0. The molecule has 2 N–H and O–H groups in total. The molecule has 1 aliphatic heterocycles. The van der Waals surface area contributed by atoms with Crippen LogP contribution in [0.2, 0.25) is 0 Å². The summed E-state index contributed by atoms with van der Waals surface area (Å²) in [5.41, 5.74) is 5.06. The Kier molecular flexibility index (Phi) is 6.77. The lowest BCUT2D eigenvalue weighted by Gasteiger charge is -2.32. The molecule has 33 heavy (non-hydrogen) atoms. The standard InChI is InChI=1S/C26H30N4O3/c1-4-33-22-9-7-19(8-10-22)23-16-24(29-28-23)26(32)30-13-11-21(12-14-30)27-25(31)20-6-5-17(2)18(3)15-20/h5-10,15-16,21H,4,11-14H2,1-3H3,(H,27,31)(H,28,29). The molecule has 0 saturated carbocycles. The second-order valence-electron chi connectivity index (χ2n) is 8.46. The fraction of sp³-hybridized carbons (Fsp3) is 0.346. The summed E-state index contributed by atoms with van der Waals surface area (Å²) in [5.74, 6) is 0.677. The maximum absolute atomic E-state index is 13.0. The van der Waals surface area contributed by atoms with Crippen molar-refractivity contribution in [3.05, 3.63) is 70.9 Å². The Bertz CT molecular complexity index is 1130. The number of hydrogen-bond donors (Lipinski definition) is 2. The van der Waals surface area contributed by atoms with Crippen molar-refractivity contribution in [3.63, 3.8) is 0 Å². The van der Waals surface area contributed by atoms with Gasteiger partial charge in [0.25, 0.3) is 11.8 Å². The van der Waals surface area contributed by atoms with E-state index in [2.05, 4.69) is 15.5 Å². The average Bonchev–Trinajstić information content (AvgIpc) is 3.32. The van der Waals surface area contributed by atoms with E-state index in [1.807, 2.05) is 68.1 Å². The number of rotatable bonds is 6. The van der Waals surface area contributed by atoms with Crippen LogP contribution in [0.25, 0.3) is 11.3 Å². The van der Waals surface area contributed by atoms with Gasteiger partial charge in [-0.3, -0.25) is 14.7 Å². The normalized spacial score (nSPS) is 14.2. The van der Waals surface area contributed by atoms with Gasteiger partial charge in [-0.15, -0.1) is 0 Å². The SMILES string of the molecule is CCOc1ccc(-c2cc(C(=O)N3CCC(NC(=O)c4ccc(C)c(C)c4)CC3)[nH]n2)cc1. The first kappa shape index (κ1) is 22.6. The molecule has 0 bridgehead atoms. The molecule has 1 fully saturated rings. The number of aryl methyl sites for hydroxylation is 2. The summed E-state index contributed by atoms with van der Waals surface area (Å²) in [6, 6.07) is 15.2. The van der Waals surface area contributed by atoms with Crippen molar-refractivity contribution >= 4 is 11.8 Å². The zero-order chi connectivity index (χ0) is 23.4. The van der Waals surface area contributed by atoms with Crippen LogP contribution in [0.1, 0.15) is 51.7 Å². The van der Waals surface area contributed by atoms with E-state index in [4.69, 9.17) is 4.74 Å². The van der Waals surface area contributed by atoms with E-state index in [1.165, 1.54) is 5.56 Å². The van der Waals surface area contributed by atoms with Crippen LogP contribution in [0.3, 0.4) is 0 Å². The van der Waals surface area contributed by atoms with Crippen molar-refractivity contribution in [1.29, 1.82) is 0 Å². The molecule has 2 heterocycles. The minimum atomic E-state index is -0.0707. The number of nitrogens with zero attached hydrogens (tertiary/aromatic N) is 2. The molecule has 1 aromatic heterocycles. The van der Waals surface area contributed by atoms with E-state index in [-0.39, 0.29) is 17.9 Å². The highest BCUT2D eigenvalue weighted by Gasteiger charge is 2.26. The number of H-pyrrole nitrogens is 1. The molecule has 0 radical (unpaired) electrons. The number of aromatic amines is 1. The van der Waals surface area contributed by atoms with E-state index in [9.17, 15) is 9.59 Å². The largest absolute Gasteiger partial charge is 0.494 e. The minimum Gasteiger partial charge on any atom is -0.494 e. The van der Waals surface area contributed by atoms with Crippen molar-refractivity contribution in [2.24, 2.45) is 0 Å². The molecule has 0 atom stereocenters. The van der Waals surface area contributed by atoms with Crippen molar-refractivity contribution in [1.82, 2.24) is 20.4 Å². The summed E-state index contributed by atoms with van der Waals surface area (Å²) in [5, 5.41) is 10.3. The number of amides is 2. The van der Waals surface area contributed by atoms with Crippen LogP contribution in [0.15, 0.2) is 48.5 Å². The first-order chi connectivity index (χ1) is 15.9. The maximum Gasteiger partial charge on any atom is 0.271 e. The van der Waals surface area contributed by atoms with Crippen LogP contribution >= 0.6 is 0 Å². The summed E-state index contributed by atoms with van der Waals surface area (Å²) < 4.78 is 5.47. The molecule has 7 nitrogen and oxygen atoms in total. The number of carbonyl (C=O) groups excluding carboxylic acids is 2. The predicted octanol–water partition coefficient (Wildman–Crippen LogP) is 4.13. The number of ether oxygens (including phenoxy) is 1. The summed E-state index contributed by atoms with van der Waals surface area (Å²) in [7, 11) is 0. The Morgan fingerprint density at radius 1 is 1.06 bits per heavy atom. The Morgan fingerprint density at radius 2 is 1.79 bits per heavy atom. The van der Waals surface area contributed by atoms with Gasteiger partial charge in [0.1, 0.15) is 11.4 Å². The van der Waals surface area contributed by atoms with Gasteiger partial charge in [0.05, 0.1) is 12.3 Å². The zero-order valence-corrected chi connectivity index (χ0v) is 19.4. The van der Waals surface area contributed by atoms with Crippen LogP contribution in [0.4, 0.5) is 0 Å². The zero-order valence-electron chi connectivity index (χ0n) is 19.4. The van der Waals surface area contributed by atoms with Crippen molar-refractivity contribution in [3.8, 4) is 17.0 Å². The van der Waals surface area contributed by atoms with Crippen molar-refractivity contribution in [2.45, 2.75) is 39.7 Å². The lowest BCUT2D eigenvalue weighted by Crippen LogP contribution is -2.46. The third kappa shape index (κ3) is 5.25. The van der Waals surface area contributed by atoms with E-state index >= 15 is 0 Å². The number of benzene rings is 2. The molecule has 1 aliphatic rings. The van der Waals surface area contributed by atoms with Crippen LogP contribution in [-0.2, 0) is 0 Å². The summed E-state index contributed by atoms with van der Waals surface area (Å²) in [6.45, 7) is 7.78. The highest BCUT2D eigenvalue weighted by atomic mass is 16.5. The molecule has 172 valence electrons. The second kappa shape index (κ2) is 9.90. The molecule has 0 unspecified atom stereocenters. The quantitative estimate of drug-likeness (QED) is 0.596. The maximum atomic E-state index is 13.0. The number of hydrogen-bond acceptors (Lipinski definition) is 4. The van der Waals surface area contributed by atoms with Gasteiger partial charge in [-0.1, -0.05) is 6.07 Å². The third-order valence-electron chi connectivity index (χ3n) is 6.16. The van der Waals surface area contributed by atoms with Crippen LogP contribution in [0.5, 0.6) is 5.75 Å². The monoisotopic (exact) mass is 446 g/mol. The van der Waals surface area contributed by atoms with Gasteiger partial charge in [-0.05, 0) is 87.2 Å². The molecule has 0 aliphatic carbocycles. The van der Waals surface area contributed by atoms with Gasteiger partial charge < -0.3 is 15.0 Å². The molecule has 2 aromatic carbocycles. The number of aromatic nitrogens is 2. The molecule has 2 amide bonds. The number of nitrogens with one attached hydrogen (secondary N) is 2. The average molecular weight is 447 g/mol. The first-order valence-corrected chi connectivity index (χ1v) is 11.4. The topological polar surface area (TPSA) is 87.3 Å². The fourth-order valence-corrected chi connectivity index (χ4v) is 4.02. The highest BCUT2D eigenvalue weighted by Crippen LogP contribution is 2.22. The summed E-state index contributed by atoms with van der Waals surface area (Å²) in [6.07, 6.45) is 1.45. The van der Waals surface area contributed by atoms with Crippen molar-refractivity contribution < 1.29 is 14.3 Å². The number of carbonyl (C=O) groups is 2. The van der Waals surface area contributed by atoms with Crippen LogP contribution in [0, 0.1) is 13.8 Å². The highest BCUT2D eigenvalue weighted by molar-refractivity contribution is 5.95. The molecular weight excluding hydrogens is 416 g/mol. The third-order valence-corrected chi connectivity index (χ3v) is 6.16. The Morgan fingerprint density at radius 3 is 2.45 bits per heavy atom.